The topological polar surface area (TPSA) is 60.7 Å². The van der Waals surface area contributed by atoms with E-state index >= 15 is 0 Å². The van der Waals surface area contributed by atoms with E-state index in [0.29, 0.717) is 0 Å². The van der Waals surface area contributed by atoms with Crippen LogP contribution >= 0.6 is 0 Å². The first-order valence-corrected chi connectivity index (χ1v) is 4.76. The van der Waals surface area contributed by atoms with Crippen molar-refractivity contribution in [2.24, 2.45) is 0 Å². The Morgan fingerprint density at radius 3 is 1.42 bits per heavy atom. The molecule has 1 fully saturated rings. The molecule has 1 aliphatic rings. The maximum Gasteiger partial charge on any atom is 0.631 e. The van der Waals surface area contributed by atoms with Crippen LogP contribution in [0.1, 0.15) is 6.92 Å². The van der Waals surface area contributed by atoms with Gasteiger partial charge in [-0.05, 0) is 0 Å². The van der Waals surface area contributed by atoms with Gasteiger partial charge in [0.1, 0.15) is 0 Å². The monoisotopic (exact) mass is 210 g/mol. The van der Waals surface area contributed by atoms with Gasteiger partial charge in [-0.1, -0.05) is 0 Å². The van der Waals surface area contributed by atoms with Gasteiger partial charge in [0.25, 0.3) is 0 Å². The van der Waals surface area contributed by atoms with E-state index in [1.54, 1.807) is 0 Å². The van der Waals surface area contributed by atoms with E-state index in [2.05, 4.69) is 0 Å². The van der Waals surface area contributed by atoms with Crippen LogP contribution in [0.25, 0.3) is 0 Å². The normalized spacial score (nSPS) is 36.6. The minimum absolute atomic E-state index is 0.108. The summed E-state index contributed by atoms with van der Waals surface area (Å²) >= 11 is -0.108. The first kappa shape index (κ1) is 13.4. The van der Waals surface area contributed by atoms with Crippen molar-refractivity contribution in [3.05, 3.63) is 0 Å². The molecule has 12 heavy (non-hydrogen) atoms. The summed E-state index contributed by atoms with van der Waals surface area (Å²) in [6, 6.07) is 0. The number of rotatable bonds is 0. The minimum atomic E-state index is -2.98. The van der Waals surface area contributed by atoms with E-state index in [1.807, 2.05) is 0 Å². The van der Waals surface area contributed by atoms with Crippen LogP contribution in [0.15, 0.2) is 0 Å². The first-order chi connectivity index (χ1) is 5.14. The van der Waals surface area contributed by atoms with Gasteiger partial charge in [-0.15, -0.1) is 0 Å². The molecule has 0 heterocycles. The fourth-order valence-electron chi connectivity index (χ4n) is 0.599. The second kappa shape index (κ2) is 4.26. The summed E-state index contributed by atoms with van der Waals surface area (Å²) < 4.78 is 34.7. The summed E-state index contributed by atoms with van der Waals surface area (Å²) in [5, 5.41) is 21.5. The summed E-state index contributed by atoms with van der Waals surface area (Å²) in [5.41, 5.74) is 0. The minimum Gasteiger partial charge on any atom is -0.402 e. The van der Waals surface area contributed by atoms with E-state index in [4.69, 9.17) is 15.1 Å². The third kappa shape index (κ3) is 2.95. The SMILES string of the molecule is C[C]1([K])C(F)C1(F)F.OB(O)O. The van der Waals surface area contributed by atoms with Crippen molar-refractivity contribution in [1.82, 2.24) is 0 Å². The van der Waals surface area contributed by atoms with Crippen molar-refractivity contribution < 1.29 is 28.2 Å². The van der Waals surface area contributed by atoms with E-state index in [0.717, 1.165) is 0 Å². The molecule has 0 aromatic rings. The Morgan fingerprint density at radius 1 is 1.33 bits per heavy atom. The van der Waals surface area contributed by atoms with Crippen molar-refractivity contribution in [2.45, 2.75) is 18.5 Å². The zero-order valence-electron chi connectivity index (χ0n) is 6.63. The molecular weight excluding hydrogens is 203 g/mol. The van der Waals surface area contributed by atoms with Gasteiger partial charge in [-0.25, -0.2) is 0 Å². The van der Waals surface area contributed by atoms with Crippen molar-refractivity contribution in [3.63, 3.8) is 0 Å². The van der Waals surface area contributed by atoms with Crippen molar-refractivity contribution in [2.75, 3.05) is 0 Å². The van der Waals surface area contributed by atoms with Gasteiger partial charge in [-0.2, -0.15) is 0 Å². The Morgan fingerprint density at radius 2 is 1.42 bits per heavy atom. The summed E-state index contributed by atoms with van der Waals surface area (Å²) in [5.74, 6) is -2.98. The molecule has 0 bridgehead atoms. The van der Waals surface area contributed by atoms with E-state index in [-0.39, 0.29) is 49.0 Å². The molecule has 3 nitrogen and oxygen atoms in total. The molecule has 0 spiro atoms. The predicted molar refractivity (Wildman–Crippen MR) is 36.4 cm³/mol. The smallest absolute Gasteiger partial charge is 0.402 e. The van der Waals surface area contributed by atoms with Crippen LogP contribution in [0.3, 0.4) is 0 Å². The van der Waals surface area contributed by atoms with E-state index in [9.17, 15) is 13.2 Å². The second-order valence-corrected chi connectivity index (χ2v) is 6.30. The van der Waals surface area contributed by atoms with Crippen molar-refractivity contribution >= 4 is 56.3 Å². The number of hydrogen-bond donors (Lipinski definition) is 3. The fourth-order valence-corrected chi connectivity index (χ4v) is 1.34. The zero-order valence-corrected chi connectivity index (χ0v) is 9.75. The number of alkyl halides is 3. The second-order valence-electron chi connectivity index (χ2n) is 3.05. The molecule has 1 rings (SSSR count). The number of halogens is 3. The Hall–Kier alpha value is 1.37. The predicted octanol–water partition coefficient (Wildman–Crippen LogP) is -0.731. The van der Waals surface area contributed by atoms with Crippen LogP contribution in [0.4, 0.5) is 13.2 Å². The van der Waals surface area contributed by atoms with Crippen LogP contribution < -0.4 is 0 Å². The van der Waals surface area contributed by atoms with Gasteiger partial charge in [0.05, 0.1) is 0 Å². The quantitative estimate of drug-likeness (QED) is 0.462. The molecule has 1 aliphatic carbocycles. The molecule has 0 amide bonds. The molecule has 2 unspecified atom stereocenters. The molecule has 3 N–H and O–H groups in total. The van der Waals surface area contributed by atoms with Gasteiger partial charge in [0, 0.05) is 0 Å². The van der Waals surface area contributed by atoms with Gasteiger partial charge in [0.15, 0.2) is 0 Å². The van der Waals surface area contributed by atoms with E-state index in [1.165, 1.54) is 6.92 Å². The largest absolute Gasteiger partial charge is 0.631 e. The molecule has 0 aromatic heterocycles. The van der Waals surface area contributed by atoms with Crippen LogP contribution in [0.5, 0.6) is 0 Å². The maximum absolute atomic E-state index is 12.0. The average Bonchev–Trinajstić information content (AvgIpc) is 2.12. The Balaban J connectivity index is 0.000000261. The van der Waals surface area contributed by atoms with Gasteiger partial charge in [-0.3, -0.25) is 0 Å². The Kier molecular flexibility index (Phi) is 4.75. The van der Waals surface area contributed by atoms with Crippen molar-refractivity contribution in [1.29, 1.82) is 0 Å². The number of hydrogen-bond acceptors (Lipinski definition) is 3. The third-order valence-corrected chi connectivity index (χ3v) is 3.56. The average molecular weight is 210 g/mol. The molecule has 2 atom stereocenters. The summed E-state index contributed by atoms with van der Waals surface area (Å²) in [7, 11) is -2.17. The van der Waals surface area contributed by atoms with Gasteiger partial charge < -0.3 is 15.1 Å². The van der Waals surface area contributed by atoms with Gasteiger partial charge >= 0.3 is 88.0 Å². The van der Waals surface area contributed by atoms with Crippen LogP contribution in [0.2, 0.25) is -0.490 Å². The Bertz CT molecular complexity index is 149. The zero-order chi connectivity index (χ0) is 10.2. The van der Waals surface area contributed by atoms with Gasteiger partial charge in [0.2, 0.25) is 0 Å². The summed E-state index contributed by atoms with van der Waals surface area (Å²) in [6.07, 6.45) is -1.84. The summed E-state index contributed by atoms with van der Waals surface area (Å²) in [6.45, 7) is 1.30. The molecular formula is C4H7BF3KO3. The standard InChI is InChI=1S/C4H4F3.BH3O3.K/c1-2-3(5)4(2,6)7;2-1(3)4;/h3H,1H3;2-4H;. The third-order valence-electron chi connectivity index (χ3n) is 1.73. The van der Waals surface area contributed by atoms with E-state index < -0.39 is 18.9 Å². The molecule has 0 saturated heterocycles. The molecule has 1 saturated carbocycles. The van der Waals surface area contributed by atoms with Crippen LogP contribution in [0, 0.1) is 0 Å². The fraction of sp³-hybridized carbons (Fsp3) is 1.00. The van der Waals surface area contributed by atoms with Crippen LogP contribution in [-0.4, -0.2) is 83.4 Å². The summed E-state index contributed by atoms with van der Waals surface area (Å²) in [4.78, 5) is 0. The molecule has 0 aromatic carbocycles. The molecule has 0 radical (unpaired) electrons. The molecule has 8 heteroatoms. The Labute approximate surface area is 102 Å². The molecule has 66 valence electrons. The first-order valence-electron chi connectivity index (χ1n) is 3.20. The maximum atomic E-state index is 12.0. The van der Waals surface area contributed by atoms with Crippen molar-refractivity contribution in [3.8, 4) is 0 Å². The van der Waals surface area contributed by atoms with Crippen LogP contribution in [-0.2, 0) is 0 Å². The molecule has 0 aliphatic heterocycles.